The van der Waals surface area contributed by atoms with Crippen LogP contribution in [0.3, 0.4) is 0 Å². The molecule has 1 aliphatic rings. The number of nitrogens with zero attached hydrogens (tertiary/aromatic N) is 3. The lowest BCUT2D eigenvalue weighted by atomic mass is 10.2. The van der Waals surface area contributed by atoms with Gasteiger partial charge in [0.25, 0.3) is 11.8 Å². The second-order valence-corrected chi connectivity index (χ2v) is 6.62. The second kappa shape index (κ2) is 9.32. The van der Waals surface area contributed by atoms with Gasteiger partial charge in [0.1, 0.15) is 11.6 Å². The third-order valence-electron chi connectivity index (χ3n) is 4.57. The molecular formula is C22H20FN3O4. The quantitative estimate of drug-likeness (QED) is 0.622. The Morgan fingerprint density at radius 1 is 1.10 bits per heavy atom. The lowest BCUT2D eigenvalue weighted by Gasteiger charge is -2.26. The zero-order chi connectivity index (χ0) is 20.8. The smallest absolute Gasteiger partial charge is 0.260 e. The number of rotatable bonds is 6. The molecule has 1 amide bonds. The van der Waals surface area contributed by atoms with Gasteiger partial charge in [0.2, 0.25) is 5.82 Å². The first-order valence-electron chi connectivity index (χ1n) is 9.54. The van der Waals surface area contributed by atoms with Crippen molar-refractivity contribution in [1.82, 2.24) is 15.0 Å². The molecule has 30 heavy (non-hydrogen) atoms. The van der Waals surface area contributed by atoms with Crippen LogP contribution >= 0.6 is 0 Å². The highest BCUT2D eigenvalue weighted by atomic mass is 19.1. The molecule has 4 rings (SSSR count). The van der Waals surface area contributed by atoms with Gasteiger partial charge in [0.15, 0.2) is 6.61 Å². The van der Waals surface area contributed by atoms with Gasteiger partial charge in [-0.25, -0.2) is 4.39 Å². The van der Waals surface area contributed by atoms with Crippen molar-refractivity contribution in [2.45, 2.75) is 0 Å². The van der Waals surface area contributed by atoms with E-state index in [1.165, 1.54) is 12.1 Å². The Labute approximate surface area is 172 Å². The molecule has 0 aliphatic carbocycles. The summed E-state index contributed by atoms with van der Waals surface area (Å²) in [7, 11) is 0. The Morgan fingerprint density at radius 2 is 1.87 bits per heavy atom. The summed E-state index contributed by atoms with van der Waals surface area (Å²) in [4.78, 5) is 18.4. The number of aromatic nitrogens is 2. The molecule has 0 N–H and O–H groups in total. The van der Waals surface area contributed by atoms with Crippen LogP contribution in [0.4, 0.5) is 4.39 Å². The molecule has 154 valence electrons. The van der Waals surface area contributed by atoms with Gasteiger partial charge in [0.05, 0.1) is 18.8 Å². The Morgan fingerprint density at radius 3 is 2.67 bits per heavy atom. The molecule has 1 fully saturated rings. The fraction of sp³-hybridized carbons (Fsp3) is 0.227. The zero-order valence-electron chi connectivity index (χ0n) is 16.2. The number of hydrogen-bond acceptors (Lipinski definition) is 6. The molecule has 1 aliphatic heterocycles. The van der Waals surface area contributed by atoms with Gasteiger partial charge < -0.3 is 18.9 Å². The van der Waals surface area contributed by atoms with E-state index in [-0.39, 0.29) is 18.3 Å². The van der Waals surface area contributed by atoms with Gasteiger partial charge >= 0.3 is 0 Å². The van der Waals surface area contributed by atoms with E-state index < -0.39 is 0 Å². The minimum atomic E-state index is -0.295. The molecule has 0 radical (unpaired) electrons. The van der Waals surface area contributed by atoms with Crippen LogP contribution in [-0.4, -0.2) is 53.9 Å². The summed E-state index contributed by atoms with van der Waals surface area (Å²) in [6.07, 6.45) is 3.40. The highest BCUT2D eigenvalue weighted by Crippen LogP contribution is 2.28. The number of morpholine rings is 1. The first-order valence-corrected chi connectivity index (χ1v) is 9.54. The number of carbonyl (C=O) groups excluding carboxylic acids is 1. The van der Waals surface area contributed by atoms with E-state index in [0.717, 1.165) is 5.56 Å². The fourth-order valence-corrected chi connectivity index (χ4v) is 2.97. The molecule has 2 aromatic carbocycles. The number of benzene rings is 2. The van der Waals surface area contributed by atoms with Crippen molar-refractivity contribution in [3.05, 3.63) is 65.8 Å². The first-order chi connectivity index (χ1) is 14.7. The number of amides is 1. The normalized spacial score (nSPS) is 14.2. The molecule has 0 saturated carbocycles. The van der Waals surface area contributed by atoms with Crippen molar-refractivity contribution >= 4 is 18.1 Å². The van der Waals surface area contributed by atoms with Crippen LogP contribution in [-0.2, 0) is 9.53 Å². The summed E-state index contributed by atoms with van der Waals surface area (Å²) in [6.45, 7) is 2.14. The number of ether oxygens (including phenoxy) is 2. The largest absolute Gasteiger partial charge is 0.483 e. The van der Waals surface area contributed by atoms with E-state index in [4.69, 9.17) is 14.0 Å². The minimum absolute atomic E-state index is 0.0772. The highest BCUT2D eigenvalue weighted by molar-refractivity contribution is 5.78. The van der Waals surface area contributed by atoms with Crippen molar-refractivity contribution < 1.29 is 23.2 Å². The van der Waals surface area contributed by atoms with E-state index in [0.29, 0.717) is 49.3 Å². The summed E-state index contributed by atoms with van der Waals surface area (Å²) < 4.78 is 29.3. The monoisotopic (exact) mass is 409 g/mol. The van der Waals surface area contributed by atoms with Crippen molar-refractivity contribution in [1.29, 1.82) is 0 Å². The predicted molar refractivity (Wildman–Crippen MR) is 108 cm³/mol. The maximum absolute atomic E-state index is 13.0. The summed E-state index contributed by atoms with van der Waals surface area (Å²) in [5.41, 5.74) is 1.43. The summed E-state index contributed by atoms with van der Waals surface area (Å²) in [5, 5.41) is 4.00. The van der Waals surface area contributed by atoms with Gasteiger partial charge in [-0.3, -0.25) is 4.79 Å². The molecule has 1 aromatic heterocycles. The van der Waals surface area contributed by atoms with Gasteiger partial charge in [-0.2, -0.15) is 4.98 Å². The molecule has 1 saturated heterocycles. The average Bonchev–Trinajstić information content (AvgIpc) is 3.27. The van der Waals surface area contributed by atoms with Crippen LogP contribution in [0, 0.1) is 5.82 Å². The lowest BCUT2D eigenvalue weighted by molar-refractivity contribution is -0.137. The third-order valence-corrected chi connectivity index (χ3v) is 4.57. The topological polar surface area (TPSA) is 77.7 Å². The number of hydrogen-bond donors (Lipinski definition) is 0. The standard InChI is InChI=1S/C22H20FN3O4/c23-17-8-5-16(6-9-17)7-10-20-24-22(25-30-20)18-3-1-2-4-19(18)29-15-21(27)26-11-13-28-14-12-26/h1-10H,11-15H2/b10-7+. The van der Waals surface area contributed by atoms with Crippen LogP contribution in [0.25, 0.3) is 23.5 Å². The molecule has 3 aromatic rings. The molecule has 2 heterocycles. The molecular weight excluding hydrogens is 389 g/mol. The minimum Gasteiger partial charge on any atom is -0.483 e. The third kappa shape index (κ3) is 4.90. The maximum Gasteiger partial charge on any atom is 0.260 e. The predicted octanol–water partition coefficient (Wildman–Crippen LogP) is 3.28. The van der Waals surface area contributed by atoms with Crippen LogP contribution in [0.1, 0.15) is 11.5 Å². The molecule has 8 heteroatoms. The van der Waals surface area contributed by atoms with E-state index in [2.05, 4.69) is 10.1 Å². The van der Waals surface area contributed by atoms with E-state index in [9.17, 15) is 9.18 Å². The molecule has 0 bridgehead atoms. The summed E-state index contributed by atoms with van der Waals surface area (Å²) in [6, 6.07) is 13.3. The first kappa shape index (κ1) is 19.8. The molecule has 0 spiro atoms. The van der Waals surface area contributed by atoms with Crippen LogP contribution in [0.2, 0.25) is 0 Å². The van der Waals surface area contributed by atoms with Gasteiger partial charge in [0, 0.05) is 19.2 Å². The van der Waals surface area contributed by atoms with Crippen molar-refractivity contribution in [3.8, 4) is 17.1 Å². The molecule has 0 atom stereocenters. The Hall–Kier alpha value is -3.52. The number of halogens is 1. The lowest BCUT2D eigenvalue weighted by Crippen LogP contribution is -2.43. The highest BCUT2D eigenvalue weighted by Gasteiger charge is 2.19. The summed E-state index contributed by atoms with van der Waals surface area (Å²) in [5.74, 6) is 0.755. The SMILES string of the molecule is O=C(COc1ccccc1-c1noc(/C=C/c2ccc(F)cc2)n1)N1CCOCC1. The van der Waals surface area contributed by atoms with Crippen molar-refractivity contribution in [3.63, 3.8) is 0 Å². The Bertz CT molecular complexity index is 1030. The van der Waals surface area contributed by atoms with Crippen LogP contribution < -0.4 is 4.74 Å². The van der Waals surface area contributed by atoms with Crippen molar-refractivity contribution in [2.24, 2.45) is 0 Å². The average molecular weight is 409 g/mol. The van der Waals surface area contributed by atoms with Gasteiger partial charge in [-0.1, -0.05) is 29.4 Å². The summed E-state index contributed by atoms with van der Waals surface area (Å²) >= 11 is 0. The van der Waals surface area contributed by atoms with E-state index in [1.807, 2.05) is 12.1 Å². The Kier molecular flexibility index (Phi) is 6.14. The number of carbonyl (C=O) groups is 1. The maximum atomic E-state index is 13.0. The van der Waals surface area contributed by atoms with Crippen LogP contribution in [0.15, 0.2) is 53.1 Å². The molecule has 7 nitrogen and oxygen atoms in total. The van der Waals surface area contributed by atoms with Gasteiger partial charge in [-0.15, -0.1) is 0 Å². The Balaban J connectivity index is 1.44. The van der Waals surface area contributed by atoms with Crippen molar-refractivity contribution in [2.75, 3.05) is 32.9 Å². The van der Waals surface area contributed by atoms with Crippen LogP contribution in [0.5, 0.6) is 5.75 Å². The molecule has 0 unspecified atom stereocenters. The van der Waals surface area contributed by atoms with Gasteiger partial charge in [-0.05, 0) is 35.9 Å². The van der Waals surface area contributed by atoms with E-state index >= 15 is 0 Å². The number of para-hydroxylation sites is 1. The zero-order valence-corrected chi connectivity index (χ0v) is 16.2. The fourth-order valence-electron chi connectivity index (χ4n) is 2.97. The van der Waals surface area contributed by atoms with E-state index in [1.54, 1.807) is 41.3 Å². The second-order valence-electron chi connectivity index (χ2n) is 6.62.